The fourth-order valence-electron chi connectivity index (χ4n) is 2.57. The van der Waals surface area contributed by atoms with Crippen LogP contribution in [0.25, 0.3) is 0 Å². The van der Waals surface area contributed by atoms with Crippen molar-refractivity contribution in [3.05, 3.63) is 0 Å². The number of ether oxygens (including phenoxy) is 2. The molecule has 0 aromatic heterocycles. The number of rotatable bonds is 7. The summed E-state index contributed by atoms with van der Waals surface area (Å²) in [5, 5.41) is 5.69. The Morgan fingerprint density at radius 3 is 2.28 bits per heavy atom. The summed E-state index contributed by atoms with van der Waals surface area (Å²) in [6, 6.07) is -0.607. The Labute approximate surface area is 151 Å². The SMILES string of the molecule is CC[C@H](C)[C@@H](CN1CCOCC1)NC(=O)[C@@H](C)NC(=O)OC(C)(C)C. The van der Waals surface area contributed by atoms with E-state index in [4.69, 9.17) is 9.47 Å². The van der Waals surface area contributed by atoms with Crippen LogP contribution < -0.4 is 10.6 Å². The van der Waals surface area contributed by atoms with Gasteiger partial charge in [0, 0.05) is 25.7 Å². The fraction of sp³-hybridized carbons (Fsp3) is 0.889. The molecule has 1 heterocycles. The number of amides is 2. The molecule has 7 heteroatoms. The lowest BCUT2D eigenvalue weighted by molar-refractivity contribution is -0.124. The van der Waals surface area contributed by atoms with Crippen LogP contribution in [0.1, 0.15) is 48.0 Å². The summed E-state index contributed by atoms with van der Waals surface area (Å²) in [5.41, 5.74) is -0.587. The molecule has 0 aliphatic carbocycles. The molecule has 0 radical (unpaired) electrons. The average Bonchev–Trinajstić information content (AvgIpc) is 2.52. The van der Waals surface area contributed by atoms with Gasteiger partial charge in [-0.3, -0.25) is 9.69 Å². The third-order valence-electron chi connectivity index (χ3n) is 4.34. The molecule has 0 aromatic rings. The summed E-state index contributed by atoms with van der Waals surface area (Å²) in [7, 11) is 0. The van der Waals surface area contributed by atoms with Gasteiger partial charge in [-0.05, 0) is 33.6 Å². The van der Waals surface area contributed by atoms with E-state index in [9.17, 15) is 9.59 Å². The Balaban J connectivity index is 2.56. The van der Waals surface area contributed by atoms with Gasteiger partial charge in [-0.15, -0.1) is 0 Å². The molecular formula is C18H35N3O4. The molecule has 0 saturated carbocycles. The number of carbonyl (C=O) groups is 2. The monoisotopic (exact) mass is 357 g/mol. The first-order valence-corrected chi connectivity index (χ1v) is 9.22. The first-order chi connectivity index (χ1) is 11.6. The Morgan fingerprint density at radius 1 is 1.16 bits per heavy atom. The van der Waals surface area contributed by atoms with Crippen molar-refractivity contribution >= 4 is 12.0 Å². The van der Waals surface area contributed by atoms with E-state index in [1.54, 1.807) is 27.7 Å². The first-order valence-electron chi connectivity index (χ1n) is 9.22. The van der Waals surface area contributed by atoms with Crippen LogP contribution in [0.15, 0.2) is 0 Å². The molecule has 1 aliphatic heterocycles. The molecule has 1 fully saturated rings. The van der Waals surface area contributed by atoms with Gasteiger partial charge in [0.2, 0.25) is 5.91 Å². The van der Waals surface area contributed by atoms with Crippen LogP contribution >= 0.6 is 0 Å². The zero-order valence-corrected chi connectivity index (χ0v) is 16.6. The summed E-state index contributed by atoms with van der Waals surface area (Å²) < 4.78 is 10.6. The van der Waals surface area contributed by atoms with Gasteiger partial charge in [0.25, 0.3) is 0 Å². The van der Waals surface area contributed by atoms with Gasteiger partial charge in [-0.1, -0.05) is 20.3 Å². The normalized spacial score (nSPS) is 19.6. The molecule has 25 heavy (non-hydrogen) atoms. The lowest BCUT2D eigenvalue weighted by atomic mass is 9.98. The van der Waals surface area contributed by atoms with Crippen LogP contribution in [-0.4, -0.2) is 67.4 Å². The van der Waals surface area contributed by atoms with Gasteiger partial charge in [0.15, 0.2) is 0 Å². The Bertz CT molecular complexity index is 431. The second-order valence-electron chi connectivity index (χ2n) is 7.78. The van der Waals surface area contributed by atoms with Crippen molar-refractivity contribution in [3.63, 3.8) is 0 Å². The van der Waals surface area contributed by atoms with Crippen molar-refractivity contribution in [2.24, 2.45) is 5.92 Å². The van der Waals surface area contributed by atoms with E-state index in [0.717, 1.165) is 39.3 Å². The molecule has 2 amide bonds. The highest BCUT2D eigenvalue weighted by atomic mass is 16.6. The van der Waals surface area contributed by atoms with Crippen molar-refractivity contribution in [1.29, 1.82) is 0 Å². The van der Waals surface area contributed by atoms with Crippen molar-refractivity contribution in [1.82, 2.24) is 15.5 Å². The van der Waals surface area contributed by atoms with Gasteiger partial charge in [0.1, 0.15) is 11.6 Å². The third kappa shape index (κ3) is 8.54. The number of carbonyl (C=O) groups excluding carboxylic acids is 2. The summed E-state index contributed by atoms with van der Waals surface area (Å²) in [6.07, 6.45) is 0.395. The maximum atomic E-state index is 12.5. The molecule has 3 atom stereocenters. The van der Waals surface area contributed by atoms with Crippen molar-refractivity contribution in [2.45, 2.75) is 65.6 Å². The van der Waals surface area contributed by atoms with Crippen molar-refractivity contribution < 1.29 is 19.1 Å². The Hall–Kier alpha value is -1.34. The summed E-state index contributed by atoms with van der Waals surface area (Å²) in [6.45, 7) is 15.3. The van der Waals surface area contributed by atoms with E-state index in [0.29, 0.717) is 5.92 Å². The topological polar surface area (TPSA) is 79.9 Å². The van der Waals surface area contributed by atoms with E-state index >= 15 is 0 Å². The Morgan fingerprint density at radius 2 is 1.76 bits per heavy atom. The highest BCUT2D eigenvalue weighted by Gasteiger charge is 2.26. The maximum Gasteiger partial charge on any atom is 0.408 e. The largest absolute Gasteiger partial charge is 0.444 e. The fourth-order valence-corrected chi connectivity index (χ4v) is 2.57. The molecule has 0 spiro atoms. The predicted octanol–water partition coefficient (Wildman–Crippen LogP) is 1.76. The maximum absolute atomic E-state index is 12.5. The summed E-state index contributed by atoms with van der Waals surface area (Å²) >= 11 is 0. The first kappa shape index (κ1) is 21.7. The third-order valence-corrected chi connectivity index (χ3v) is 4.34. The van der Waals surface area contributed by atoms with Gasteiger partial charge in [-0.25, -0.2) is 4.79 Å². The lowest BCUT2D eigenvalue weighted by Crippen LogP contribution is -2.54. The molecule has 1 saturated heterocycles. The van der Waals surface area contributed by atoms with E-state index in [-0.39, 0.29) is 11.9 Å². The second-order valence-corrected chi connectivity index (χ2v) is 7.78. The minimum Gasteiger partial charge on any atom is -0.444 e. The van der Waals surface area contributed by atoms with Crippen LogP contribution in [0, 0.1) is 5.92 Å². The highest BCUT2D eigenvalue weighted by molar-refractivity contribution is 5.85. The number of morpholine rings is 1. The molecule has 0 aromatic carbocycles. The van der Waals surface area contributed by atoms with Gasteiger partial charge >= 0.3 is 6.09 Å². The number of hydrogen-bond donors (Lipinski definition) is 2. The van der Waals surface area contributed by atoms with Crippen molar-refractivity contribution in [3.8, 4) is 0 Å². The summed E-state index contributed by atoms with van der Waals surface area (Å²) in [5.74, 6) is 0.157. The molecule has 1 aliphatic rings. The molecular weight excluding hydrogens is 322 g/mol. The molecule has 1 rings (SSSR count). The lowest BCUT2D eigenvalue weighted by Gasteiger charge is -2.34. The van der Waals surface area contributed by atoms with E-state index in [2.05, 4.69) is 29.4 Å². The number of hydrogen-bond acceptors (Lipinski definition) is 5. The minimum absolute atomic E-state index is 0.0403. The van der Waals surface area contributed by atoms with Gasteiger partial charge in [0.05, 0.1) is 13.2 Å². The number of nitrogens with zero attached hydrogens (tertiary/aromatic N) is 1. The van der Waals surface area contributed by atoms with E-state index in [1.165, 1.54) is 0 Å². The van der Waals surface area contributed by atoms with Gasteiger partial charge in [-0.2, -0.15) is 0 Å². The zero-order chi connectivity index (χ0) is 19.0. The number of nitrogens with one attached hydrogen (secondary N) is 2. The molecule has 7 nitrogen and oxygen atoms in total. The smallest absolute Gasteiger partial charge is 0.408 e. The molecule has 2 N–H and O–H groups in total. The average molecular weight is 357 g/mol. The van der Waals surface area contributed by atoms with Crippen LogP contribution in [0.5, 0.6) is 0 Å². The second kappa shape index (κ2) is 9.97. The molecule has 0 bridgehead atoms. The zero-order valence-electron chi connectivity index (χ0n) is 16.6. The quantitative estimate of drug-likeness (QED) is 0.726. The standard InChI is InChI=1S/C18H35N3O4/c1-7-13(2)15(12-21-8-10-24-11-9-21)20-16(22)14(3)19-17(23)25-18(4,5)6/h13-15H,7-12H2,1-6H3,(H,19,23)(H,20,22)/t13-,14+,15+/m0/s1. The van der Waals surface area contributed by atoms with E-state index in [1.807, 2.05) is 0 Å². The minimum atomic E-state index is -0.647. The highest BCUT2D eigenvalue weighted by Crippen LogP contribution is 2.11. The number of alkyl carbamates (subject to hydrolysis) is 1. The van der Waals surface area contributed by atoms with Crippen LogP contribution in [0.4, 0.5) is 4.79 Å². The van der Waals surface area contributed by atoms with Crippen LogP contribution in [0.3, 0.4) is 0 Å². The summed E-state index contributed by atoms with van der Waals surface area (Å²) in [4.78, 5) is 26.6. The van der Waals surface area contributed by atoms with Crippen molar-refractivity contribution in [2.75, 3.05) is 32.8 Å². The molecule has 0 unspecified atom stereocenters. The van der Waals surface area contributed by atoms with Crippen LogP contribution in [0.2, 0.25) is 0 Å². The van der Waals surface area contributed by atoms with E-state index < -0.39 is 17.7 Å². The predicted molar refractivity (Wildman–Crippen MR) is 97.5 cm³/mol. The van der Waals surface area contributed by atoms with Gasteiger partial charge < -0.3 is 20.1 Å². The molecule has 146 valence electrons. The Kier molecular flexibility index (Phi) is 8.65. The van der Waals surface area contributed by atoms with Crippen LogP contribution in [-0.2, 0) is 14.3 Å².